The molecule has 1 fully saturated rings. The Morgan fingerprint density at radius 2 is 2.00 bits per heavy atom. The molecule has 0 aliphatic carbocycles. The van der Waals surface area contributed by atoms with Crippen molar-refractivity contribution in [2.24, 2.45) is 0 Å². The van der Waals surface area contributed by atoms with Crippen LogP contribution in [0.3, 0.4) is 0 Å². The number of aromatic nitrogens is 1. The monoisotopic (exact) mass is 230 g/mol. The third-order valence-corrected chi connectivity index (χ3v) is 2.90. The molecule has 16 heavy (non-hydrogen) atoms. The van der Waals surface area contributed by atoms with E-state index in [1.54, 1.807) is 6.92 Å². The number of hydrogen-bond acceptors (Lipinski definition) is 3. The minimum absolute atomic E-state index is 0.177. The molecule has 5 heteroatoms. The molecule has 0 aromatic carbocycles. The van der Waals surface area contributed by atoms with Crippen LogP contribution in [-0.2, 0) is 5.92 Å². The molecule has 90 valence electrons. The third kappa shape index (κ3) is 2.24. The highest BCUT2D eigenvalue weighted by Gasteiger charge is 2.33. The summed E-state index contributed by atoms with van der Waals surface area (Å²) in [6.07, 6.45) is 1.79. The van der Waals surface area contributed by atoms with Crippen LogP contribution in [0.15, 0.2) is 4.42 Å². The van der Waals surface area contributed by atoms with Crippen molar-refractivity contribution in [3.05, 3.63) is 17.3 Å². The van der Waals surface area contributed by atoms with Crippen LogP contribution in [0.5, 0.6) is 0 Å². The maximum Gasteiger partial charge on any atom is 0.303 e. The van der Waals surface area contributed by atoms with Crippen LogP contribution in [0.25, 0.3) is 0 Å². The SMILES string of the molecule is Cc1nc(C2CCNCC2)oc1C(C)(F)F. The first-order valence-electron chi connectivity index (χ1n) is 5.55. The summed E-state index contributed by atoms with van der Waals surface area (Å²) in [4.78, 5) is 4.13. The lowest BCUT2D eigenvalue weighted by atomic mass is 9.98. The molecule has 0 unspecified atom stereocenters. The van der Waals surface area contributed by atoms with Crippen molar-refractivity contribution < 1.29 is 13.2 Å². The second kappa shape index (κ2) is 4.13. The lowest BCUT2D eigenvalue weighted by Crippen LogP contribution is -2.26. The van der Waals surface area contributed by atoms with E-state index in [0.29, 0.717) is 11.6 Å². The van der Waals surface area contributed by atoms with E-state index in [1.165, 1.54) is 0 Å². The molecule has 1 aromatic rings. The van der Waals surface area contributed by atoms with Gasteiger partial charge >= 0.3 is 5.92 Å². The minimum Gasteiger partial charge on any atom is -0.439 e. The number of halogens is 2. The highest BCUT2D eigenvalue weighted by atomic mass is 19.3. The predicted octanol–water partition coefficient (Wildman–Crippen LogP) is 2.56. The number of oxazole rings is 1. The molecule has 0 spiro atoms. The second-order valence-corrected chi connectivity index (χ2v) is 4.38. The molecule has 0 atom stereocenters. The molecule has 1 aliphatic rings. The van der Waals surface area contributed by atoms with Gasteiger partial charge < -0.3 is 9.73 Å². The zero-order chi connectivity index (χ0) is 11.8. The Morgan fingerprint density at radius 1 is 1.38 bits per heavy atom. The quantitative estimate of drug-likeness (QED) is 0.848. The van der Waals surface area contributed by atoms with Crippen LogP contribution in [0.2, 0.25) is 0 Å². The van der Waals surface area contributed by atoms with Gasteiger partial charge in [0.05, 0.1) is 5.69 Å². The topological polar surface area (TPSA) is 38.1 Å². The Balaban J connectivity index is 2.23. The second-order valence-electron chi connectivity index (χ2n) is 4.38. The van der Waals surface area contributed by atoms with E-state index in [-0.39, 0.29) is 11.7 Å². The van der Waals surface area contributed by atoms with Crippen LogP contribution in [-0.4, -0.2) is 18.1 Å². The van der Waals surface area contributed by atoms with Crippen molar-refractivity contribution in [2.45, 2.75) is 38.5 Å². The van der Waals surface area contributed by atoms with E-state index in [9.17, 15) is 8.78 Å². The van der Waals surface area contributed by atoms with Crippen molar-refractivity contribution in [1.82, 2.24) is 10.3 Å². The molecule has 0 amide bonds. The fraction of sp³-hybridized carbons (Fsp3) is 0.727. The van der Waals surface area contributed by atoms with Gasteiger partial charge in [0.25, 0.3) is 0 Å². The number of rotatable bonds is 2. The van der Waals surface area contributed by atoms with E-state index in [4.69, 9.17) is 4.42 Å². The fourth-order valence-corrected chi connectivity index (χ4v) is 2.07. The number of hydrogen-bond donors (Lipinski definition) is 1. The molecule has 0 saturated carbocycles. The summed E-state index contributed by atoms with van der Waals surface area (Å²) in [6, 6.07) is 0. The van der Waals surface area contributed by atoms with Crippen molar-refractivity contribution in [1.29, 1.82) is 0 Å². The predicted molar refractivity (Wildman–Crippen MR) is 55.7 cm³/mol. The van der Waals surface area contributed by atoms with Crippen molar-refractivity contribution >= 4 is 0 Å². The molecule has 1 aliphatic heterocycles. The molecule has 3 nitrogen and oxygen atoms in total. The maximum absolute atomic E-state index is 13.1. The Labute approximate surface area is 93.2 Å². The first kappa shape index (κ1) is 11.5. The highest BCUT2D eigenvalue weighted by molar-refractivity contribution is 5.14. The molecular formula is C11H16F2N2O. The summed E-state index contributed by atoms with van der Waals surface area (Å²) in [5.74, 6) is -2.59. The van der Waals surface area contributed by atoms with Gasteiger partial charge in [-0.25, -0.2) is 4.98 Å². The largest absolute Gasteiger partial charge is 0.439 e. The first-order valence-corrected chi connectivity index (χ1v) is 5.55. The summed E-state index contributed by atoms with van der Waals surface area (Å²) in [7, 11) is 0. The summed E-state index contributed by atoms with van der Waals surface area (Å²) in [5.41, 5.74) is 0.307. The summed E-state index contributed by atoms with van der Waals surface area (Å²) in [6.45, 7) is 4.20. The number of aryl methyl sites for hydroxylation is 1. The number of nitrogens with zero attached hydrogens (tertiary/aromatic N) is 1. The standard InChI is InChI=1S/C11H16F2N2O/c1-7-9(11(2,12)13)16-10(15-7)8-3-5-14-6-4-8/h8,14H,3-6H2,1-2H3. The Kier molecular flexibility index (Phi) is 2.97. The fourth-order valence-electron chi connectivity index (χ4n) is 2.07. The van der Waals surface area contributed by atoms with Crippen LogP contribution in [0.1, 0.15) is 43.0 Å². The van der Waals surface area contributed by atoms with Gasteiger partial charge in [-0.2, -0.15) is 8.78 Å². The van der Waals surface area contributed by atoms with Crippen molar-refractivity contribution in [3.8, 4) is 0 Å². The van der Waals surface area contributed by atoms with E-state index in [0.717, 1.165) is 32.9 Å². The first-order chi connectivity index (χ1) is 7.48. The van der Waals surface area contributed by atoms with E-state index in [1.807, 2.05) is 0 Å². The highest BCUT2D eigenvalue weighted by Crippen LogP contribution is 2.34. The van der Waals surface area contributed by atoms with Gasteiger partial charge in [0.15, 0.2) is 11.7 Å². The van der Waals surface area contributed by atoms with Gasteiger partial charge in [-0.15, -0.1) is 0 Å². The van der Waals surface area contributed by atoms with Crippen molar-refractivity contribution in [3.63, 3.8) is 0 Å². The smallest absolute Gasteiger partial charge is 0.303 e. The number of piperidine rings is 1. The molecule has 0 radical (unpaired) electrons. The van der Waals surface area contributed by atoms with Crippen LogP contribution in [0.4, 0.5) is 8.78 Å². The maximum atomic E-state index is 13.1. The van der Waals surface area contributed by atoms with Crippen LogP contribution < -0.4 is 5.32 Å². The lowest BCUT2D eigenvalue weighted by Gasteiger charge is -2.19. The van der Waals surface area contributed by atoms with Gasteiger partial charge in [-0.1, -0.05) is 0 Å². The van der Waals surface area contributed by atoms with Gasteiger partial charge in [-0.05, 0) is 32.9 Å². The van der Waals surface area contributed by atoms with Crippen molar-refractivity contribution in [2.75, 3.05) is 13.1 Å². The molecule has 2 heterocycles. The summed E-state index contributed by atoms with van der Waals surface area (Å²) < 4.78 is 31.5. The molecule has 1 saturated heterocycles. The van der Waals surface area contributed by atoms with Gasteiger partial charge in [0.1, 0.15) is 0 Å². The third-order valence-electron chi connectivity index (χ3n) is 2.90. The van der Waals surface area contributed by atoms with Gasteiger partial charge in [-0.3, -0.25) is 0 Å². The molecule has 2 rings (SSSR count). The van der Waals surface area contributed by atoms with Crippen LogP contribution >= 0.6 is 0 Å². The van der Waals surface area contributed by atoms with Gasteiger partial charge in [0, 0.05) is 12.8 Å². The average Bonchev–Trinajstić information content (AvgIpc) is 2.61. The number of nitrogens with one attached hydrogen (secondary N) is 1. The molecule has 1 N–H and O–H groups in total. The van der Waals surface area contributed by atoms with Crippen LogP contribution in [0, 0.1) is 6.92 Å². The van der Waals surface area contributed by atoms with E-state index < -0.39 is 5.92 Å². The Morgan fingerprint density at radius 3 is 2.50 bits per heavy atom. The van der Waals surface area contributed by atoms with Gasteiger partial charge in [0.2, 0.25) is 0 Å². The minimum atomic E-state index is -2.94. The Hall–Kier alpha value is -0.970. The zero-order valence-electron chi connectivity index (χ0n) is 9.52. The lowest BCUT2D eigenvalue weighted by molar-refractivity contribution is -0.00748. The zero-order valence-corrected chi connectivity index (χ0v) is 9.52. The summed E-state index contributed by atoms with van der Waals surface area (Å²) in [5, 5.41) is 3.22. The van der Waals surface area contributed by atoms with E-state index >= 15 is 0 Å². The average molecular weight is 230 g/mol. The normalized spacial score (nSPS) is 19.0. The molecule has 0 bridgehead atoms. The van der Waals surface area contributed by atoms with E-state index in [2.05, 4.69) is 10.3 Å². The Bertz CT molecular complexity index is 365. The molecular weight excluding hydrogens is 214 g/mol. The number of alkyl halides is 2. The summed E-state index contributed by atoms with van der Waals surface area (Å²) >= 11 is 0. The molecule has 1 aromatic heterocycles.